The Morgan fingerprint density at radius 1 is 1.21 bits per heavy atom. The molecule has 1 atom stereocenters. The number of anilines is 2. The van der Waals surface area contributed by atoms with Crippen molar-refractivity contribution in [3.05, 3.63) is 54.1 Å². The first-order chi connectivity index (χ1) is 9.19. The molecule has 3 nitrogen and oxygen atoms in total. The monoisotopic (exact) mass is 259 g/mol. The van der Waals surface area contributed by atoms with Crippen LogP contribution in [-0.4, -0.2) is 11.5 Å². The molecule has 4 heteroatoms. The van der Waals surface area contributed by atoms with Crippen LogP contribution in [0.5, 0.6) is 0 Å². The molecule has 0 aliphatic carbocycles. The van der Waals surface area contributed by atoms with Gasteiger partial charge in [-0.2, -0.15) is 0 Å². The maximum Gasteiger partial charge on any atom is 0.123 e. The van der Waals surface area contributed by atoms with Crippen molar-refractivity contribution in [1.29, 1.82) is 0 Å². The van der Waals surface area contributed by atoms with Crippen LogP contribution in [0.15, 0.2) is 42.7 Å². The van der Waals surface area contributed by atoms with Crippen LogP contribution in [-0.2, 0) is 0 Å². The molecule has 0 fully saturated rings. The fourth-order valence-electron chi connectivity index (χ4n) is 1.93. The molecular weight excluding hydrogens is 241 g/mol. The quantitative estimate of drug-likeness (QED) is 0.857. The molecular formula is C15H18FN3. The van der Waals surface area contributed by atoms with Crippen LogP contribution in [0.4, 0.5) is 15.8 Å². The predicted octanol–water partition coefficient (Wildman–Crippen LogP) is 3.83. The molecule has 19 heavy (non-hydrogen) atoms. The first kappa shape index (κ1) is 13.3. The highest BCUT2D eigenvalue weighted by Gasteiger charge is 2.06. The zero-order valence-electron chi connectivity index (χ0n) is 11.2. The summed E-state index contributed by atoms with van der Waals surface area (Å²) in [6.45, 7) is 4.88. The average molecular weight is 259 g/mol. The molecule has 2 N–H and O–H groups in total. The zero-order valence-corrected chi connectivity index (χ0v) is 11.2. The van der Waals surface area contributed by atoms with E-state index >= 15 is 0 Å². The Morgan fingerprint density at radius 3 is 2.74 bits per heavy atom. The highest BCUT2D eigenvalue weighted by Crippen LogP contribution is 2.21. The van der Waals surface area contributed by atoms with Crippen molar-refractivity contribution >= 4 is 11.4 Å². The number of aromatic nitrogens is 1. The second kappa shape index (κ2) is 6.18. The summed E-state index contributed by atoms with van der Waals surface area (Å²) in [5, 5.41) is 6.52. The van der Waals surface area contributed by atoms with Crippen LogP contribution >= 0.6 is 0 Å². The van der Waals surface area contributed by atoms with Gasteiger partial charge in [0.15, 0.2) is 0 Å². The van der Waals surface area contributed by atoms with Gasteiger partial charge < -0.3 is 10.6 Å². The molecule has 1 heterocycles. The number of benzene rings is 1. The smallest absolute Gasteiger partial charge is 0.123 e. The molecule has 0 aliphatic heterocycles. The lowest BCUT2D eigenvalue weighted by Gasteiger charge is -2.16. The molecule has 2 rings (SSSR count). The van der Waals surface area contributed by atoms with Crippen LogP contribution in [0.2, 0.25) is 0 Å². The van der Waals surface area contributed by atoms with E-state index in [2.05, 4.69) is 15.6 Å². The lowest BCUT2D eigenvalue weighted by molar-refractivity contribution is 0.623. The van der Waals surface area contributed by atoms with Gasteiger partial charge in [0.1, 0.15) is 5.82 Å². The van der Waals surface area contributed by atoms with E-state index in [1.54, 1.807) is 24.5 Å². The molecule has 1 aromatic carbocycles. The molecule has 2 aromatic rings. The first-order valence-corrected chi connectivity index (χ1v) is 6.40. The van der Waals surface area contributed by atoms with Crippen molar-refractivity contribution in [2.24, 2.45) is 0 Å². The van der Waals surface area contributed by atoms with Gasteiger partial charge in [-0.15, -0.1) is 0 Å². The Hall–Kier alpha value is -2.10. The third-order valence-corrected chi connectivity index (χ3v) is 2.85. The average Bonchev–Trinajstić information content (AvgIpc) is 2.39. The fraction of sp³-hybridized carbons (Fsp3) is 0.267. The maximum atomic E-state index is 13.2. The summed E-state index contributed by atoms with van der Waals surface area (Å²) in [7, 11) is 0. The number of nitrogens with one attached hydrogen (secondary N) is 2. The van der Waals surface area contributed by atoms with E-state index in [0.29, 0.717) is 0 Å². The summed E-state index contributed by atoms with van der Waals surface area (Å²) in [4.78, 5) is 4.17. The molecule has 0 radical (unpaired) electrons. The van der Waals surface area contributed by atoms with Crippen LogP contribution < -0.4 is 10.6 Å². The number of halogens is 1. The van der Waals surface area contributed by atoms with Gasteiger partial charge >= 0.3 is 0 Å². The Labute approximate surface area is 112 Å². The van der Waals surface area contributed by atoms with Crippen LogP contribution in [0.25, 0.3) is 0 Å². The van der Waals surface area contributed by atoms with Gasteiger partial charge in [-0.05, 0) is 37.6 Å². The lowest BCUT2D eigenvalue weighted by atomic mass is 10.1. The standard InChI is InChI=1S/C15H18FN3/c1-3-18-14-8-15(10-17-9-14)19-11(2)12-5-4-6-13(16)7-12/h4-11,18-19H,3H2,1-2H3. The van der Waals surface area contributed by atoms with Crippen molar-refractivity contribution in [2.45, 2.75) is 19.9 Å². The number of pyridine rings is 1. The third kappa shape index (κ3) is 3.68. The van der Waals surface area contributed by atoms with Crippen molar-refractivity contribution < 1.29 is 4.39 Å². The van der Waals surface area contributed by atoms with Crippen molar-refractivity contribution in [3.8, 4) is 0 Å². The topological polar surface area (TPSA) is 37.0 Å². The Morgan fingerprint density at radius 2 is 2.00 bits per heavy atom. The summed E-state index contributed by atoms with van der Waals surface area (Å²) in [6, 6.07) is 8.63. The van der Waals surface area contributed by atoms with Crippen molar-refractivity contribution in [1.82, 2.24) is 4.98 Å². The van der Waals surface area contributed by atoms with Gasteiger partial charge in [0.2, 0.25) is 0 Å². The lowest BCUT2D eigenvalue weighted by Crippen LogP contribution is -2.07. The van der Waals surface area contributed by atoms with Crippen LogP contribution in [0.3, 0.4) is 0 Å². The molecule has 0 saturated carbocycles. The Kier molecular flexibility index (Phi) is 4.34. The molecule has 1 unspecified atom stereocenters. The Balaban J connectivity index is 2.10. The highest BCUT2D eigenvalue weighted by atomic mass is 19.1. The maximum absolute atomic E-state index is 13.2. The minimum absolute atomic E-state index is 0.0226. The van der Waals surface area contributed by atoms with Gasteiger partial charge in [0.05, 0.1) is 23.8 Å². The zero-order chi connectivity index (χ0) is 13.7. The van der Waals surface area contributed by atoms with Gasteiger partial charge in [0, 0.05) is 12.6 Å². The van der Waals surface area contributed by atoms with E-state index in [1.165, 1.54) is 6.07 Å². The second-order valence-corrected chi connectivity index (χ2v) is 4.41. The minimum Gasteiger partial charge on any atom is -0.384 e. The predicted molar refractivity (Wildman–Crippen MR) is 76.8 cm³/mol. The van der Waals surface area contributed by atoms with E-state index < -0.39 is 0 Å². The molecule has 0 bridgehead atoms. The number of rotatable bonds is 5. The van der Waals surface area contributed by atoms with Gasteiger partial charge in [-0.25, -0.2) is 4.39 Å². The van der Waals surface area contributed by atoms with E-state index in [-0.39, 0.29) is 11.9 Å². The molecule has 0 spiro atoms. The fourth-order valence-corrected chi connectivity index (χ4v) is 1.93. The second-order valence-electron chi connectivity index (χ2n) is 4.41. The van der Waals surface area contributed by atoms with Crippen molar-refractivity contribution in [2.75, 3.05) is 17.2 Å². The summed E-state index contributed by atoms with van der Waals surface area (Å²) in [5.41, 5.74) is 2.79. The van der Waals surface area contributed by atoms with Crippen LogP contribution in [0.1, 0.15) is 25.5 Å². The van der Waals surface area contributed by atoms with E-state index in [0.717, 1.165) is 23.5 Å². The number of nitrogens with zero attached hydrogens (tertiary/aromatic N) is 1. The first-order valence-electron chi connectivity index (χ1n) is 6.40. The van der Waals surface area contributed by atoms with Gasteiger partial charge in [-0.1, -0.05) is 12.1 Å². The largest absolute Gasteiger partial charge is 0.384 e. The normalized spacial score (nSPS) is 11.9. The Bertz CT molecular complexity index is 542. The third-order valence-electron chi connectivity index (χ3n) is 2.85. The summed E-state index contributed by atoms with van der Waals surface area (Å²) >= 11 is 0. The number of hydrogen-bond acceptors (Lipinski definition) is 3. The summed E-state index contributed by atoms with van der Waals surface area (Å²) in [5.74, 6) is -0.217. The molecule has 0 aliphatic rings. The van der Waals surface area contributed by atoms with Gasteiger partial charge in [0.25, 0.3) is 0 Å². The molecule has 100 valence electrons. The van der Waals surface area contributed by atoms with Gasteiger partial charge in [-0.3, -0.25) is 4.98 Å². The highest BCUT2D eigenvalue weighted by molar-refractivity contribution is 5.54. The van der Waals surface area contributed by atoms with Crippen molar-refractivity contribution in [3.63, 3.8) is 0 Å². The van der Waals surface area contributed by atoms with Crippen LogP contribution in [0, 0.1) is 5.82 Å². The minimum atomic E-state index is -0.217. The van der Waals surface area contributed by atoms with E-state index in [9.17, 15) is 4.39 Å². The van der Waals surface area contributed by atoms with E-state index in [1.807, 2.05) is 26.0 Å². The summed E-state index contributed by atoms with van der Waals surface area (Å²) in [6.07, 6.45) is 3.54. The molecule has 1 aromatic heterocycles. The SMILES string of the molecule is CCNc1cncc(NC(C)c2cccc(F)c2)c1. The number of hydrogen-bond donors (Lipinski definition) is 2. The summed E-state index contributed by atoms with van der Waals surface area (Å²) < 4.78 is 13.2. The molecule has 0 saturated heterocycles. The molecule has 0 amide bonds. The van der Waals surface area contributed by atoms with E-state index in [4.69, 9.17) is 0 Å².